The molecule has 0 spiro atoms. The van der Waals surface area contributed by atoms with Crippen LogP contribution in [-0.2, 0) is 9.84 Å². The zero-order chi connectivity index (χ0) is 13.9. The van der Waals surface area contributed by atoms with Crippen molar-refractivity contribution < 1.29 is 13.2 Å². The van der Waals surface area contributed by atoms with Gasteiger partial charge in [-0.2, -0.15) is 0 Å². The number of hydrogen-bond acceptors (Lipinski definition) is 3. The molecule has 0 N–H and O–H groups in total. The summed E-state index contributed by atoms with van der Waals surface area (Å²) in [6.45, 7) is 0.412. The van der Waals surface area contributed by atoms with Gasteiger partial charge in [-0.05, 0) is 41.5 Å². The molecule has 0 aromatic heterocycles. The Bertz CT molecular complexity index is 680. The van der Waals surface area contributed by atoms with Gasteiger partial charge in [0.15, 0.2) is 0 Å². The van der Waals surface area contributed by atoms with Crippen LogP contribution in [-0.4, -0.2) is 27.0 Å². The first-order chi connectivity index (χ1) is 8.94. The van der Waals surface area contributed by atoms with E-state index in [1.807, 2.05) is 36.4 Å². The van der Waals surface area contributed by atoms with Crippen molar-refractivity contribution in [3.05, 3.63) is 40.9 Å². The van der Waals surface area contributed by atoms with E-state index in [0.29, 0.717) is 13.0 Å². The topological polar surface area (TPSA) is 43.4 Å². The van der Waals surface area contributed by atoms with E-state index in [1.54, 1.807) is 0 Å². The summed E-state index contributed by atoms with van der Waals surface area (Å²) in [5.41, 5.74) is 0. The number of fused-ring (bicyclic) bond motifs is 1. The Morgan fingerprint density at radius 3 is 2.53 bits per heavy atom. The van der Waals surface area contributed by atoms with Crippen molar-refractivity contribution in [2.45, 2.75) is 6.42 Å². The molecule has 0 unspecified atom stereocenters. The van der Waals surface area contributed by atoms with E-state index in [0.717, 1.165) is 21.0 Å². The zero-order valence-corrected chi connectivity index (χ0v) is 13.0. The van der Waals surface area contributed by atoms with Crippen molar-refractivity contribution >= 4 is 36.5 Å². The molecule has 0 aliphatic rings. The zero-order valence-electron chi connectivity index (χ0n) is 10.6. The first kappa shape index (κ1) is 14.3. The largest absolute Gasteiger partial charge is 0.494 e. The van der Waals surface area contributed by atoms with Crippen LogP contribution in [0, 0.1) is 0 Å². The lowest BCUT2D eigenvalue weighted by atomic mass is 10.1. The number of benzene rings is 2. The van der Waals surface area contributed by atoms with E-state index in [-0.39, 0.29) is 5.75 Å². The highest BCUT2D eigenvalue weighted by molar-refractivity contribution is 9.10. The van der Waals surface area contributed by atoms with E-state index >= 15 is 0 Å². The van der Waals surface area contributed by atoms with Gasteiger partial charge in [0.25, 0.3) is 0 Å². The predicted octanol–water partition coefficient (Wildman–Crippen LogP) is 3.42. The van der Waals surface area contributed by atoms with E-state index in [9.17, 15) is 8.42 Å². The van der Waals surface area contributed by atoms with Crippen LogP contribution in [0.25, 0.3) is 10.8 Å². The van der Waals surface area contributed by atoms with Gasteiger partial charge in [0, 0.05) is 10.7 Å². The minimum Gasteiger partial charge on any atom is -0.494 e. The quantitative estimate of drug-likeness (QED) is 0.782. The minimum atomic E-state index is -2.90. The molecule has 2 rings (SSSR count). The van der Waals surface area contributed by atoms with Gasteiger partial charge in [-0.3, -0.25) is 0 Å². The number of sulfone groups is 1. The molecular formula is C14H15BrO3S. The Morgan fingerprint density at radius 1 is 1.11 bits per heavy atom. The molecule has 2 aromatic rings. The highest BCUT2D eigenvalue weighted by Crippen LogP contribution is 2.24. The monoisotopic (exact) mass is 342 g/mol. The van der Waals surface area contributed by atoms with Crippen molar-refractivity contribution in [2.75, 3.05) is 18.6 Å². The predicted molar refractivity (Wildman–Crippen MR) is 81.5 cm³/mol. The van der Waals surface area contributed by atoms with Gasteiger partial charge in [-0.25, -0.2) is 8.42 Å². The van der Waals surface area contributed by atoms with Crippen LogP contribution < -0.4 is 4.74 Å². The van der Waals surface area contributed by atoms with Gasteiger partial charge in [0.1, 0.15) is 15.6 Å². The second-order valence-corrected chi connectivity index (χ2v) is 7.66. The van der Waals surface area contributed by atoms with Crippen molar-refractivity contribution in [3.8, 4) is 5.75 Å². The standard InChI is InChI=1S/C14H15BrO3S/c1-19(16,17)8-2-7-18-14-6-4-11-9-13(15)5-3-12(11)10-14/h3-6,9-10H,2,7-8H2,1H3. The molecule has 3 nitrogen and oxygen atoms in total. The third-order valence-electron chi connectivity index (χ3n) is 2.70. The van der Waals surface area contributed by atoms with E-state index in [4.69, 9.17) is 4.74 Å². The lowest BCUT2D eigenvalue weighted by Crippen LogP contribution is -2.07. The van der Waals surface area contributed by atoms with Gasteiger partial charge >= 0.3 is 0 Å². The molecular weight excluding hydrogens is 328 g/mol. The maximum atomic E-state index is 11.0. The average Bonchev–Trinajstić information content (AvgIpc) is 2.33. The summed E-state index contributed by atoms with van der Waals surface area (Å²) in [4.78, 5) is 0. The molecule has 2 aromatic carbocycles. The maximum absolute atomic E-state index is 11.0. The van der Waals surface area contributed by atoms with Crippen LogP contribution in [0.4, 0.5) is 0 Å². The van der Waals surface area contributed by atoms with Crippen molar-refractivity contribution in [3.63, 3.8) is 0 Å². The highest BCUT2D eigenvalue weighted by atomic mass is 79.9. The summed E-state index contributed by atoms with van der Waals surface area (Å²) in [6.07, 6.45) is 1.75. The Labute approximate surface area is 121 Å². The van der Waals surface area contributed by atoms with E-state index in [2.05, 4.69) is 15.9 Å². The van der Waals surface area contributed by atoms with E-state index < -0.39 is 9.84 Å². The molecule has 0 aliphatic heterocycles. The normalized spacial score (nSPS) is 11.7. The smallest absolute Gasteiger partial charge is 0.147 e. The van der Waals surface area contributed by atoms with Crippen LogP contribution in [0.15, 0.2) is 40.9 Å². The van der Waals surface area contributed by atoms with Crippen LogP contribution in [0.1, 0.15) is 6.42 Å². The molecule has 0 saturated heterocycles. The summed E-state index contributed by atoms with van der Waals surface area (Å²) in [5, 5.41) is 2.24. The molecule has 19 heavy (non-hydrogen) atoms. The van der Waals surface area contributed by atoms with Crippen LogP contribution in [0.5, 0.6) is 5.75 Å². The molecule has 0 fully saturated rings. The Balaban J connectivity index is 2.00. The number of halogens is 1. The highest BCUT2D eigenvalue weighted by Gasteiger charge is 2.02. The summed E-state index contributed by atoms with van der Waals surface area (Å²) < 4.78 is 28.6. The van der Waals surface area contributed by atoms with Gasteiger partial charge in [0.2, 0.25) is 0 Å². The molecule has 0 bridgehead atoms. The Kier molecular flexibility index (Phi) is 4.47. The second kappa shape index (κ2) is 5.92. The Hall–Kier alpha value is -1.07. The first-order valence-corrected chi connectivity index (χ1v) is 8.79. The molecule has 0 amide bonds. The second-order valence-electron chi connectivity index (χ2n) is 4.49. The molecule has 102 valence electrons. The fourth-order valence-electron chi connectivity index (χ4n) is 1.80. The third kappa shape index (κ3) is 4.51. The first-order valence-electron chi connectivity index (χ1n) is 5.94. The SMILES string of the molecule is CS(=O)(=O)CCCOc1ccc2cc(Br)ccc2c1. The van der Waals surface area contributed by atoms with E-state index in [1.165, 1.54) is 6.26 Å². The molecule has 0 radical (unpaired) electrons. The fourth-order valence-corrected chi connectivity index (χ4v) is 2.82. The van der Waals surface area contributed by atoms with Crippen molar-refractivity contribution in [2.24, 2.45) is 0 Å². The summed E-state index contributed by atoms with van der Waals surface area (Å²) in [7, 11) is -2.90. The van der Waals surface area contributed by atoms with Gasteiger partial charge in [-0.1, -0.05) is 28.1 Å². The molecule has 0 atom stereocenters. The van der Waals surface area contributed by atoms with Gasteiger partial charge in [-0.15, -0.1) is 0 Å². The van der Waals surface area contributed by atoms with Crippen LogP contribution in [0.2, 0.25) is 0 Å². The third-order valence-corrected chi connectivity index (χ3v) is 4.23. The molecule has 0 heterocycles. The average molecular weight is 343 g/mol. The molecule has 0 saturated carbocycles. The molecule has 0 aliphatic carbocycles. The number of hydrogen-bond donors (Lipinski definition) is 0. The van der Waals surface area contributed by atoms with Crippen molar-refractivity contribution in [1.82, 2.24) is 0 Å². The van der Waals surface area contributed by atoms with Crippen molar-refractivity contribution in [1.29, 1.82) is 0 Å². The Morgan fingerprint density at radius 2 is 1.79 bits per heavy atom. The van der Waals surface area contributed by atoms with Crippen LogP contribution in [0.3, 0.4) is 0 Å². The minimum absolute atomic E-state index is 0.160. The van der Waals surface area contributed by atoms with Gasteiger partial charge in [0.05, 0.1) is 12.4 Å². The molecule has 5 heteroatoms. The number of rotatable bonds is 5. The number of ether oxygens (including phenoxy) is 1. The van der Waals surface area contributed by atoms with Gasteiger partial charge < -0.3 is 4.74 Å². The lowest BCUT2D eigenvalue weighted by Gasteiger charge is -2.07. The lowest BCUT2D eigenvalue weighted by molar-refractivity contribution is 0.318. The maximum Gasteiger partial charge on any atom is 0.147 e. The summed E-state index contributed by atoms with van der Waals surface area (Å²) in [5.74, 6) is 0.927. The van der Waals surface area contributed by atoms with Crippen LogP contribution >= 0.6 is 15.9 Å². The summed E-state index contributed by atoms with van der Waals surface area (Å²) in [6, 6.07) is 11.9. The fraction of sp³-hybridized carbons (Fsp3) is 0.286. The summed E-state index contributed by atoms with van der Waals surface area (Å²) >= 11 is 3.43.